The Morgan fingerprint density at radius 2 is 2.00 bits per heavy atom. The summed E-state index contributed by atoms with van der Waals surface area (Å²) in [4.78, 5) is 3.57. The van der Waals surface area contributed by atoms with Crippen LogP contribution in [-0.2, 0) is 0 Å². The molecule has 2 atom stereocenters. The molecule has 4 heteroatoms. The highest BCUT2D eigenvalue weighted by Crippen LogP contribution is 2.32. The van der Waals surface area contributed by atoms with Gasteiger partial charge in [0.05, 0.1) is 10.4 Å². The molecule has 0 aromatic carbocycles. The van der Waals surface area contributed by atoms with Gasteiger partial charge in [0.2, 0.25) is 0 Å². The molecule has 2 unspecified atom stereocenters. The topological polar surface area (TPSA) is 29.3 Å². The van der Waals surface area contributed by atoms with Crippen molar-refractivity contribution in [2.24, 2.45) is 11.1 Å². The zero-order chi connectivity index (χ0) is 13.2. The smallest absolute Gasteiger partial charge is 0.0931 e. The van der Waals surface area contributed by atoms with E-state index in [1.807, 2.05) is 6.07 Å². The fourth-order valence-corrected chi connectivity index (χ4v) is 3.55. The van der Waals surface area contributed by atoms with Crippen molar-refractivity contribution >= 4 is 22.9 Å². The molecular formula is C13H23ClN2S. The van der Waals surface area contributed by atoms with Crippen LogP contribution in [0.3, 0.4) is 0 Å². The molecule has 0 saturated carbocycles. The van der Waals surface area contributed by atoms with E-state index in [9.17, 15) is 0 Å². The molecular weight excluding hydrogens is 252 g/mol. The van der Waals surface area contributed by atoms with Crippen LogP contribution < -0.4 is 5.73 Å². The third-order valence-electron chi connectivity index (χ3n) is 2.58. The predicted octanol–water partition coefficient (Wildman–Crippen LogP) is 3.77. The van der Waals surface area contributed by atoms with Gasteiger partial charge in [-0.2, -0.15) is 0 Å². The molecule has 1 rings (SSSR count). The van der Waals surface area contributed by atoms with Gasteiger partial charge in [-0.1, -0.05) is 32.4 Å². The number of thiophene rings is 1. The number of nitrogens with zero attached hydrogens (tertiary/aromatic N) is 1. The number of hydrogen-bond donors (Lipinski definition) is 1. The summed E-state index contributed by atoms with van der Waals surface area (Å²) in [5, 5.41) is 0. The van der Waals surface area contributed by atoms with E-state index in [4.69, 9.17) is 17.3 Å². The van der Waals surface area contributed by atoms with Gasteiger partial charge < -0.3 is 5.73 Å². The first kappa shape index (κ1) is 15.0. The predicted molar refractivity (Wildman–Crippen MR) is 77.8 cm³/mol. The van der Waals surface area contributed by atoms with E-state index >= 15 is 0 Å². The zero-order valence-electron chi connectivity index (χ0n) is 11.3. The van der Waals surface area contributed by atoms with Crippen molar-refractivity contribution in [2.75, 3.05) is 13.6 Å². The number of hydrogen-bond acceptors (Lipinski definition) is 3. The van der Waals surface area contributed by atoms with Gasteiger partial charge in [0, 0.05) is 17.5 Å². The lowest BCUT2D eigenvalue weighted by Gasteiger charge is -2.35. The number of rotatable bonds is 4. The van der Waals surface area contributed by atoms with Crippen LogP contribution in [-0.4, -0.2) is 24.5 Å². The molecule has 0 aliphatic heterocycles. The number of halogens is 1. The summed E-state index contributed by atoms with van der Waals surface area (Å²) >= 11 is 7.63. The van der Waals surface area contributed by atoms with Gasteiger partial charge >= 0.3 is 0 Å². The highest BCUT2D eigenvalue weighted by atomic mass is 35.5. The molecule has 2 N–H and O–H groups in total. The average molecular weight is 275 g/mol. The molecule has 17 heavy (non-hydrogen) atoms. The Bertz CT molecular complexity index is 355. The quantitative estimate of drug-likeness (QED) is 0.906. The van der Waals surface area contributed by atoms with E-state index in [1.165, 1.54) is 4.88 Å². The van der Waals surface area contributed by atoms with Crippen molar-refractivity contribution in [3.8, 4) is 0 Å². The molecule has 0 aliphatic rings. The minimum atomic E-state index is 0.0945. The highest BCUT2D eigenvalue weighted by molar-refractivity contribution is 7.16. The van der Waals surface area contributed by atoms with E-state index in [2.05, 4.69) is 45.7 Å². The lowest BCUT2D eigenvalue weighted by atomic mass is 9.94. The van der Waals surface area contributed by atoms with Crippen LogP contribution in [0.1, 0.15) is 38.6 Å². The Balaban J connectivity index is 2.86. The second kappa shape index (κ2) is 5.70. The van der Waals surface area contributed by atoms with Crippen molar-refractivity contribution in [3.05, 3.63) is 21.3 Å². The van der Waals surface area contributed by atoms with E-state index in [-0.39, 0.29) is 17.5 Å². The maximum Gasteiger partial charge on any atom is 0.0931 e. The molecule has 0 bridgehead atoms. The van der Waals surface area contributed by atoms with Crippen LogP contribution in [0, 0.1) is 5.41 Å². The van der Waals surface area contributed by atoms with E-state index in [1.54, 1.807) is 11.3 Å². The van der Waals surface area contributed by atoms with Crippen molar-refractivity contribution in [1.29, 1.82) is 0 Å². The molecule has 0 aliphatic carbocycles. The molecule has 1 aromatic heterocycles. The van der Waals surface area contributed by atoms with Crippen LogP contribution in [0.15, 0.2) is 12.1 Å². The molecule has 2 nitrogen and oxygen atoms in total. The van der Waals surface area contributed by atoms with Crippen LogP contribution >= 0.6 is 22.9 Å². The zero-order valence-corrected chi connectivity index (χ0v) is 12.9. The molecule has 0 amide bonds. The molecule has 1 aromatic rings. The largest absolute Gasteiger partial charge is 0.326 e. The standard InChI is InChI=1S/C13H23ClN2S/c1-9(15)12(10-6-7-11(14)17-10)16(5)8-13(2,3)4/h6-7,9,12H,8,15H2,1-5H3. The summed E-state index contributed by atoms with van der Waals surface area (Å²) in [5.74, 6) is 0. The first-order valence-corrected chi connectivity index (χ1v) is 7.11. The first-order chi connectivity index (χ1) is 7.70. The monoisotopic (exact) mass is 274 g/mol. The van der Waals surface area contributed by atoms with E-state index in [0.29, 0.717) is 0 Å². The molecule has 98 valence electrons. The van der Waals surface area contributed by atoms with Crippen molar-refractivity contribution in [3.63, 3.8) is 0 Å². The van der Waals surface area contributed by atoms with Gasteiger partial charge in [-0.15, -0.1) is 11.3 Å². The molecule has 0 saturated heterocycles. The summed E-state index contributed by atoms with van der Waals surface area (Å²) in [6.45, 7) is 9.78. The normalized spacial score (nSPS) is 16.2. The van der Waals surface area contributed by atoms with Gasteiger partial charge in [-0.25, -0.2) is 0 Å². The summed E-state index contributed by atoms with van der Waals surface area (Å²) in [6.07, 6.45) is 0. The SMILES string of the molecule is CC(N)C(c1ccc(Cl)s1)N(C)CC(C)(C)C. The van der Waals surface area contributed by atoms with Gasteiger partial charge in [0.1, 0.15) is 0 Å². The minimum absolute atomic E-state index is 0.0945. The van der Waals surface area contributed by atoms with Crippen LogP contribution in [0.25, 0.3) is 0 Å². The summed E-state index contributed by atoms with van der Waals surface area (Å²) in [7, 11) is 2.13. The fraction of sp³-hybridized carbons (Fsp3) is 0.692. The van der Waals surface area contributed by atoms with Gasteiger partial charge in [0.15, 0.2) is 0 Å². The molecule has 0 radical (unpaired) electrons. The summed E-state index contributed by atoms with van der Waals surface area (Å²) in [5.41, 5.74) is 6.39. The van der Waals surface area contributed by atoms with Crippen molar-refractivity contribution < 1.29 is 0 Å². The van der Waals surface area contributed by atoms with Gasteiger partial charge in [0.25, 0.3) is 0 Å². The maximum absolute atomic E-state index is 6.12. The van der Waals surface area contributed by atoms with Gasteiger partial charge in [-0.05, 0) is 31.5 Å². The van der Waals surface area contributed by atoms with Crippen LogP contribution in [0.2, 0.25) is 4.34 Å². The molecule has 0 spiro atoms. The maximum atomic E-state index is 6.12. The second-order valence-corrected chi connectivity index (χ2v) is 7.67. The fourth-order valence-electron chi connectivity index (χ4n) is 2.21. The Hall–Kier alpha value is -0.0900. The van der Waals surface area contributed by atoms with E-state index in [0.717, 1.165) is 10.9 Å². The lowest BCUT2D eigenvalue weighted by Crippen LogP contribution is -2.40. The molecule has 0 fully saturated rings. The third-order valence-corrected chi connectivity index (χ3v) is 3.88. The van der Waals surface area contributed by atoms with Gasteiger partial charge in [-0.3, -0.25) is 4.90 Å². The molecule has 1 heterocycles. The second-order valence-electron chi connectivity index (χ2n) is 5.92. The third kappa shape index (κ3) is 4.59. The minimum Gasteiger partial charge on any atom is -0.326 e. The Kier molecular flexibility index (Phi) is 5.02. The van der Waals surface area contributed by atoms with Crippen LogP contribution in [0.4, 0.5) is 0 Å². The van der Waals surface area contributed by atoms with Crippen molar-refractivity contribution in [2.45, 2.75) is 39.8 Å². The average Bonchev–Trinajstić information content (AvgIpc) is 2.47. The Morgan fingerprint density at radius 1 is 1.41 bits per heavy atom. The van der Waals surface area contributed by atoms with Crippen molar-refractivity contribution in [1.82, 2.24) is 4.90 Å². The lowest BCUT2D eigenvalue weighted by molar-refractivity contribution is 0.159. The Labute approximate surface area is 114 Å². The summed E-state index contributed by atoms with van der Waals surface area (Å²) < 4.78 is 0.829. The highest BCUT2D eigenvalue weighted by Gasteiger charge is 2.25. The van der Waals surface area contributed by atoms with Crippen LogP contribution in [0.5, 0.6) is 0 Å². The summed E-state index contributed by atoms with van der Waals surface area (Å²) in [6, 6.07) is 4.37. The first-order valence-electron chi connectivity index (χ1n) is 5.92. The number of likely N-dealkylation sites (N-methyl/N-ethyl adjacent to an activating group) is 1. The van der Waals surface area contributed by atoms with E-state index < -0.39 is 0 Å². The Morgan fingerprint density at radius 3 is 2.35 bits per heavy atom. The number of nitrogens with two attached hydrogens (primary N) is 1.